The topological polar surface area (TPSA) is 33.1 Å². The van der Waals surface area contributed by atoms with E-state index in [2.05, 4.69) is 34.5 Å². The van der Waals surface area contributed by atoms with Crippen LogP contribution in [-0.4, -0.2) is 39.9 Å². The average Bonchev–Trinajstić information content (AvgIpc) is 3.21. The van der Waals surface area contributed by atoms with Crippen molar-refractivity contribution in [2.45, 2.75) is 44.3 Å². The Labute approximate surface area is 126 Å². The quantitative estimate of drug-likeness (QED) is 0.939. The van der Waals surface area contributed by atoms with Crippen LogP contribution in [0.4, 0.5) is 0 Å². The van der Waals surface area contributed by atoms with Gasteiger partial charge in [0.15, 0.2) is 0 Å². The van der Waals surface area contributed by atoms with Crippen LogP contribution in [0, 0.1) is 0 Å². The molecule has 1 N–H and O–H groups in total. The number of aromatic nitrogens is 2. The fraction of sp³-hybridized carbons (Fsp3) is 0.588. The molecule has 0 aliphatic carbocycles. The Morgan fingerprint density at radius 2 is 2.14 bits per heavy atom. The summed E-state index contributed by atoms with van der Waals surface area (Å²) in [7, 11) is 2.05. The van der Waals surface area contributed by atoms with Crippen molar-refractivity contribution in [2.75, 3.05) is 13.1 Å². The maximum atomic E-state index is 4.77. The molecule has 21 heavy (non-hydrogen) atoms. The van der Waals surface area contributed by atoms with Crippen LogP contribution in [0.1, 0.15) is 31.4 Å². The Morgan fingerprint density at radius 3 is 3.00 bits per heavy atom. The van der Waals surface area contributed by atoms with Gasteiger partial charge in [-0.2, -0.15) is 5.10 Å². The van der Waals surface area contributed by atoms with Crippen molar-refractivity contribution in [1.29, 1.82) is 0 Å². The Bertz CT molecular complexity index is 627. The van der Waals surface area contributed by atoms with Crippen LogP contribution in [0.15, 0.2) is 24.3 Å². The molecule has 2 aliphatic rings. The lowest BCUT2D eigenvalue weighted by atomic mass is 10.0. The predicted octanol–water partition coefficient (Wildman–Crippen LogP) is 2.29. The molecule has 2 atom stereocenters. The number of likely N-dealkylation sites (tertiary alicyclic amines) is 1. The standard InChI is InChI=1S/C17H24N4/c1-20-16-8-3-2-6-13(16)15(19-20)12-21-11-5-9-17(21)14-7-4-10-18-14/h2-3,6,8,14,17-18H,4-5,7,9-12H2,1H3. The van der Waals surface area contributed by atoms with Crippen molar-refractivity contribution in [3.8, 4) is 0 Å². The summed E-state index contributed by atoms with van der Waals surface area (Å²) >= 11 is 0. The normalized spacial score (nSPS) is 26.9. The number of aryl methyl sites for hydroxylation is 1. The van der Waals surface area contributed by atoms with Gasteiger partial charge in [0.25, 0.3) is 0 Å². The number of rotatable bonds is 3. The highest BCUT2D eigenvalue weighted by atomic mass is 15.3. The summed E-state index contributed by atoms with van der Waals surface area (Å²) in [6, 6.07) is 9.97. The van der Waals surface area contributed by atoms with Gasteiger partial charge in [-0.25, -0.2) is 0 Å². The third-order valence-electron chi connectivity index (χ3n) is 5.16. The molecule has 0 bridgehead atoms. The first-order chi connectivity index (χ1) is 10.3. The minimum Gasteiger partial charge on any atom is -0.312 e. The first-order valence-corrected chi connectivity index (χ1v) is 8.21. The van der Waals surface area contributed by atoms with Crippen LogP contribution in [0.25, 0.3) is 10.9 Å². The van der Waals surface area contributed by atoms with E-state index in [1.54, 1.807) is 0 Å². The second-order valence-corrected chi connectivity index (χ2v) is 6.47. The molecule has 112 valence electrons. The van der Waals surface area contributed by atoms with E-state index in [1.165, 1.54) is 55.4 Å². The number of nitrogens with zero attached hydrogens (tertiary/aromatic N) is 3. The lowest BCUT2D eigenvalue weighted by Crippen LogP contribution is -2.43. The van der Waals surface area contributed by atoms with Gasteiger partial charge in [0.2, 0.25) is 0 Å². The van der Waals surface area contributed by atoms with Gasteiger partial charge in [-0.05, 0) is 44.8 Å². The SMILES string of the molecule is Cn1nc(CN2CCCC2C2CCCN2)c2ccccc21. The van der Waals surface area contributed by atoms with Crippen LogP contribution in [0.5, 0.6) is 0 Å². The van der Waals surface area contributed by atoms with Crippen molar-refractivity contribution < 1.29 is 0 Å². The van der Waals surface area contributed by atoms with Gasteiger partial charge < -0.3 is 5.32 Å². The number of para-hydroxylation sites is 1. The summed E-state index contributed by atoms with van der Waals surface area (Å²) in [6.45, 7) is 3.40. The van der Waals surface area contributed by atoms with E-state index in [4.69, 9.17) is 5.10 Å². The summed E-state index contributed by atoms with van der Waals surface area (Å²) < 4.78 is 2.02. The first kappa shape index (κ1) is 13.3. The molecular formula is C17H24N4. The lowest BCUT2D eigenvalue weighted by Gasteiger charge is -2.29. The Morgan fingerprint density at radius 1 is 1.24 bits per heavy atom. The number of hydrogen-bond donors (Lipinski definition) is 1. The van der Waals surface area contributed by atoms with E-state index < -0.39 is 0 Å². The maximum absolute atomic E-state index is 4.77. The molecule has 0 radical (unpaired) electrons. The summed E-state index contributed by atoms with van der Waals surface area (Å²) in [6.07, 6.45) is 5.34. The van der Waals surface area contributed by atoms with Gasteiger partial charge in [-0.15, -0.1) is 0 Å². The van der Waals surface area contributed by atoms with E-state index >= 15 is 0 Å². The summed E-state index contributed by atoms with van der Waals surface area (Å²) in [5.41, 5.74) is 2.47. The molecule has 2 aliphatic heterocycles. The van der Waals surface area contributed by atoms with Crippen molar-refractivity contribution >= 4 is 10.9 Å². The van der Waals surface area contributed by atoms with E-state index in [0.717, 1.165) is 6.54 Å². The Balaban J connectivity index is 1.59. The molecule has 1 aromatic carbocycles. The van der Waals surface area contributed by atoms with Crippen LogP contribution in [-0.2, 0) is 13.6 Å². The third-order valence-corrected chi connectivity index (χ3v) is 5.16. The maximum Gasteiger partial charge on any atom is 0.0843 e. The second kappa shape index (κ2) is 5.43. The molecule has 2 aromatic rings. The molecule has 1 aromatic heterocycles. The van der Waals surface area contributed by atoms with Gasteiger partial charge in [0.05, 0.1) is 11.2 Å². The number of hydrogen-bond acceptors (Lipinski definition) is 3. The highest BCUT2D eigenvalue weighted by molar-refractivity contribution is 5.81. The Kier molecular flexibility index (Phi) is 3.43. The van der Waals surface area contributed by atoms with Crippen molar-refractivity contribution in [1.82, 2.24) is 20.0 Å². The predicted molar refractivity (Wildman–Crippen MR) is 85.2 cm³/mol. The van der Waals surface area contributed by atoms with Crippen LogP contribution < -0.4 is 5.32 Å². The Hall–Kier alpha value is -1.39. The molecule has 0 saturated carbocycles. The summed E-state index contributed by atoms with van der Waals surface area (Å²) in [5, 5.41) is 9.77. The monoisotopic (exact) mass is 284 g/mol. The zero-order valence-corrected chi connectivity index (χ0v) is 12.8. The largest absolute Gasteiger partial charge is 0.312 e. The zero-order chi connectivity index (χ0) is 14.2. The molecule has 3 heterocycles. The average molecular weight is 284 g/mol. The number of benzene rings is 1. The van der Waals surface area contributed by atoms with Crippen LogP contribution in [0.2, 0.25) is 0 Å². The van der Waals surface area contributed by atoms with Crippen LogP contribution >= 0.6 is 0 Å². The first-order valence-electron chi connectivity index (χ1n) is 8.21. The van der Waals surface area contributed by atoms with E-state index in [-0.39, 0.29) is 0 Å². The minimum atomic E-state index is 0.697. The van der Waals surface area contributed by atoms with E-state index in [9.17, 15) is 0 Å². The lowest BCUT2D eigenvalue weighted by molar-refractivity contribution is 0.204. The highest BCUT2D eigenvalue weighted by Gasteiger charge is 2.33. The summed E-state index contributed by atoms with van der Waals surface area (Å²) in [4.78, 5) is 2.65. The number of nitrogens with one attached hydrogen (secondary N) is 1. The number of fused-ring (bicyclic) bond motifs is 1. The van der Waals surface area contributed by atoms with Gasteiger partial charge in [0, 0.05) is 31.1 Å². The molecule has 4 nitrogen and oxygen atoms in total. The van der Waals surface area contributed by atoms with Gasteiger partial charge in [-0.1, -0.05) is 18.2 Å². The fourth-order valence-corrected chi connectivity index (χ4v) is 4.14. The van der Waals surface area contributed by atoms with Crippen LogP contribution in [0.3, 0.4) is 0 Å². The van der Waals surface area contributed by atoms with Crippen molar-refractivity contribution in [2.24, 2.45) is 7.05 Å². The second-order valence-electron chi connectivity index (χ2n) is 6.47. The molecule has 2 fully saturated rings. The molecule has 2 saturated heterocycles. The molecule has 4 rings (SSSR count). The van der Waals surface area contributed by atoms with Gasteiger partial charge in [0.1, 0.15) is 0 Å². The fourth-order valence-electron chi connectivity index (χ4n) is 4.14. The van der Waals surface area contributed by atoms with Gasteiger partial charge >= 0.3 is 0 Å². The molecular weight excluding hydrogens is 260 g/mol. The van der Waals surface area contributed by atoms with E-state index in [0.29, 0.717) is 12.1 Å². The van der Waals surface area contributed by atoms with Crippen molar-refractivity contribution in [3.05, 3.63) is 30.0 Å². The molecule has 0 spiro atoms. The van der Waals surface area contributed by atoms with E-state index in [1.807, 2.05) is 11.7 Å². The summed E-state index contributed by atoms with van der Waals surface area (Å²) in [5.74, 6) is 0. The third kappa shape index (κ3) is 2.36. The minimum absolute atomic E-state index is 0.697. The molecule has 2 unspecified atom stereocenters. The molecule has 0 amide bonds. The molecule has 4 heteroatoms. The zero-order valence-electron chi connectivity index (χ0n) is 12.8. The smallest absolute Gasteiger partial charge is 0.0843 e. The van der Waals surface area contributed by atoms with Gasteiger partial charge in [-0.3, -0.25) is 9.58 Å². The highest BCUT2D eigenvalue weighted by Crippen LogP contribution is 2.28. The van der Waals surface area contributed by atoms with Crippen molar-refractivity contribution in [3.63, 3.8) is 0 Å².